The summed E-state index contributed by atoms with van der Waals surface area (Å²) in [7, 11) is 0. The maximum Gasteiger partial charge on any atom is 0.150 e. The van der Waals surface area contributed by atoms with Crippen LogP contribution >= 0.6 is 11.6 Å². The number of hydrogen-bond donors (Lipinski definition) is 2. The number of hydrogen-bond acceptors (Lipinski definition) is 2. The number of benzene rings is 2. The zero-order chi connectivity index (χ0) is 14.0. The van der Waals surface area contributed by atoms with Gasteiger partial charge in [0.05, 0.1) is 10.7 Å². The average Bonchev–Trinajstić information content (AvgIpc) is 2.33. The fraction of sp³-hybridized carbons (Fsp3) is 0.143. The third kappa shape index (κ3) is 3.15. The quantitative estimate of drug-likeness (QED) is 0.869. The minimum atomic E-state index is -0.753. The highest BCUT2D eigenvalue weighted by molar-refractivity contribution is 6.33. The Kier molecular flexibility index (Phi) is 3.90. The van der Waals surface area contributed by atoms with Crippen LogP contribution < -0.4 is 5.32 Å². The van der Waals surface area contributed by atoms with Gasteiger partial charge in [-0.3, -0.25) is 0 Å². The SMILES string of the molecule is CC(Nc1c(F)cc(F)cc1Cl)c1cccc(O)c1. The van der Waals surface area contributed by atoms with Crippen LogP contribution in [0.25, 0.3) is 0 Å². The molecule has 0 aliphatic heterocycles. The summed E-state index contributed by atoms with van der Waals surface area (Å²) >= 11 is 5.81. The molecule has 0 aliphatic rings. The minimum absolute atomic E-state index is 0.0236. The number of phenolic OH excluding ortho intramolecular Hbond substituents is 1. The van der Waals surface area contributed by atoms with Crippen LogP contribution in [0.5, 0.6) is 5.75 Å². The van der Waals surface area contributed by atoms with Crippen molar-refractivity contribution in [1.29, 1.82) is 0 Å². The third-order valence-electron chi connectivity index (χ3n) is 2.74. The number of halogens is 3. The van der Waals surface area contributed by atoms with Gasteiger partial charge in [-0.25, -0.2) is 8.78 Å². The van der Waals surface area contributed by atoms with Gasteiger partial charge in [0.25, 0.3) is 0 Å². The van der Waals surface area contributed by atoms with Crippen molar-refractivity contribution in [2.24, 2.45) is 0 Å². The van der Waals surface area contributed by atoms with Crippen LogP contribution in [0.2, 0.25) is 5.02 Å². The van der Waals surface area contributed by atoms with Crippen LogP contribution in [0.15, 0.2) is 36.4 Å². The van der Waals surface area contributed by atoms with E-state index in [0.29, 0.717) is 0 Å². The Balaban J connectivity index is 2.26. The Morgan fingerprint density at radius 1 is 1.21 bits per heavy atom. The smallest absolute Gasteiger partial charge is 0.150 e. The molecule has 0 spiro atoms. The Morgan fingerprint density at radius 3 is 2.58 bits per heavy atom. The predicted octanol–water partition coefficient (Wildman–Crippen LogP) is 4.50. The number of anilines is 1. The number of nitrogens with one attached hydrogen (secondary N) is 1. The van der Waals surface area contributed by atoms with Crippen molar-refractivity contribution in [3.63, 3.8) is 0 Å². The van der Waals surface area contributed by atoms with E-state index < -0.39 is 11.6 Å². The molecule has 19 heavy (non-hydrogen) atoms. The molecule has 2 rings (SSSR count). The van der Waals surface area contributed by atoms with Crippen molar-refractivity contribution >= 4 is 17.3 Å². The first-order chi connectivity index (χ1) is 8.97. The molecule has 2 aromatic carbocycles. The molecular formula is C14H12ClF2NO. The lowest BCUT2D eigenvalue weighted by molar-refractivity contribution is 0.474. The Morgan fingerprint density at radius 2 is 1.95 bits per heavy atom. The van der Waals surface area contributed by atoms with E-state index in [4.69, 9.17) is 11.6 Å². The maximum atomic E-state index is 13.6. The molecule has 0 aromatic heterocycles. The molecule has 0 fully saturated rings. The fourth-order valence-electron chi connectivity index (χ4n) is 1.77. The van der Waals surface area contributed by atoms with Crippen molar-refractivity contribution in [3.8, 4) is 5.75 Å². The molecule has 1 unspecified atom stereocenters. The average molecular weight is 284 g/mol. The van der Waals surface area contributed by atoms with Crippen LogP contribution in [0.4, 0.5) is 14.5 Å². The van der Waals surface area contributed by atoms with E-state index in [1.807, 2.05) is 0 Å². The normalized spacial score (nSPS) is 12.2. The summed E-state index contributed by atoms with van der Waals surface area (Å²) in [4.78, 5) is 0. The number of rotatable bonds is 3. The van der Waals surface area contributed by atoms with E-state index in [-0.39, 0.29) is 22.5 Å². The number of phenols is 1. The second-order valence-electron chi connectivity index (χ2n) is 4.21. The molecule has 0 amide bonds. The van der Waals surface area contributed by atoms with Crippen LogP contribution in [-0.2, 0) is 0 Å². The zero-order valence-corrected chi connectivity index (χ0v) is 10.9. The standard InChI is InChI=1S/C14H12ClF2NO/c1-8(9-3-2-4-11(19)5-9)18-14-12(15)6-10(16)7-13(14)17/h2-8,18-19H,1H3. The van der Waals surface area contributed by atoms with Crippen LogP contribution in [-0.4, -0.2) is 5.11 Å². The van der Waals surface area contributed by atoms with Crippen molar-refractivity contribution in [2.75, 3.05) is 5.32 Å². The van der Waals surface area contributed by atoms with Gasteiger partial charge < -0.3 is 10.4 Å². The topological polar surface area (TPSA) is 32.3 Å². The molecule has 0 saturated carbocycles. The fourth-order valence-corrected chi connectivity index (χ4v) is 2.02. The van der Waals surface area contributed by atoms with Gasteiger partial charge in [0.2, 0.25) is 0 Å². The van der Waals surface area contributed by atoms with E-state index in [9.17, 15) is 13.9 Å². The first kappa shape index (κ1) is 13.6. The van der Waals surface area contributed by atoms with Crippen LogP contribution in [0.1, 0.15) is 18.5 Å². The molecule has 2 aromatic rings. The van der Waals surface area contributed by atoms with Crippen molar-refractivity contribution in [1.82, 2.24) is 0 Å². The molecule has 2 N–H and O–H groups in total. The Bertz CT molecular complexity index is 581. The van der Waals surface area contributed by atoms with Gasteiger partial charge in [0.15, 0.2) is 5.82 Å². The van der Waals surface area contributed by atoms with E-state index in [0.717, 1.165) is 17.7 Å². The third-order valence-corrected chi connectivity index (χ3v) is 3.04. The Hall–Kier alpha value is -1.81. The summed E-state index contributed by atoms with van der Waals surface area (Å²) in [5.74, 6) is -1.35. The van der Waals surface area contributed by atoms with Gasteiger partial charge in [-0.2, -0.15) is 0 Å². The molecule has 2 nitrogen and oxygen atoms in total. The van der Waals surface area contributed by atoms with Gasteiger partial charge in [-0.1, -0.05) is 23.7 Å². The summed E-state index contributed by atoms with van der Waals surface area (Å²) < 4.78 is 26.6. The second kappa shape index (κ2) is 5.45. The van der Waals surface area contributed by atoms with E-state index >= 15 is 0 Å². The molecule has 5 heteroatoms. The first-order valence-electron chi connectivity index (χ1n) is 5.67. The summed E-state index contributed by atoms with van der Waals surface area (Å²) in [6.45, 7) is 1.79. The van der Waals surface area contributed by atoms with Crippen LogP contribution in [0, 0.1) is 11.6 Å². The van der Waals surface area contributed by atoms with Gasteiger partial charge in [0.1, 0.15) is 11.6 Å². The highest BCUT2D eigenvalue weighted by Crippen LogP contribution is 2.30. The molecule has 0 aliphatic carbocycles. The van der Waals surface area contributed by atoms with E-state index in [1.54, 1.807) is 31.2 Å². The lowest BCUT2D eigenvalue weighted by atomic mass is 10.1. The summed E-state index contributed by atoms with van der Waals surface area (Å²) in [6.07, 6.45) is 0. The first-order valence-corrected chi connectivity index (χ1v) is 6.05. The second-order valence-corrected chi connectivity index (χ2v) is 4.61. The lowest BCUT2D eigenvalue weighted by Gasteiger charge is -2.17. The van der Waals surface area contributed by atoms with Gasteiger partial charge >= 0.3 is 0 Å². The molecule has 1 atom stereocenters. The van der Waals surface area contributed by atoms with Crippen molar-refractivity contribution < 1.29 is 13.9 Å². The summed E-state index contributed by atoms with van der Waals surface area (Å²) in [5.41, 5.74) is 0.804. The van der Waals surface area contributed by atoms with Crippen LogP contribution in [0.3, 0.4) is 0 Å². The molecular weight excluding hydrogens is 272 g/mol. The molecule has 0 bridgehead atoms. The lowest BCUT2D eigenvalue weighted by Crippen LogP contribution is -2.08. The molecule has 0 saturated heterocycles. The Labute approximate surface area is 114 Å². The highest BCUT2D eigenvalue weighted by atomic mass is 35.5. The predicted molar refractivity (Wildman–Crippen MR) is 71.5 cm³/mol. The molecule has 100 valence electrons. The van der Waals surface area contributed by atoms with Crippen molar-refractivity contribution in [2.45, 2.75) is 13.0 Å². The molecule has 0 radical (unpaired) electrons. The minimum Gasteiger partial charge on any atom is -0.508 e. The largest absolute Gasteiger partial charge is 0.508 e. The van der Waals surface area contributed by atoms with Gasteiger partial charge in [-0.05, 0) is 30.7 Å². The summed E-state index contributed by atoms with van der Waals surface area (Å²) in [6, 6.07) is 8.10. The monoisotopic (exact) mass is 283 g/mol. The van der Waals surface area contributed by atoms with Crippen molar-refractivity contribution in [3.05, 3.63) is 58.6 Å². The van der Waals surface area contributed by atoms with Gasteiger partial charge in [0, 0.05) is 12.1 Å². The van der Waals surface area contributed by atoms with E-state index in [1.165, 1.54) is 0 Å². The number of aromatic hydroxyl groups is 1. The molecule has 0 heterocycles. The summed E-state index contributed by atoms with van der Waals surface area (Å²) in [5, 5.41) is 12.2. The maximum absolute atomic E-state index is 13.6. The zero-order valence-electron chi connectivity index (χ0n) is 10.1. The van der Waals surface area contributed by atoms with E-state index in [2.05, 4.69) is 5.32 Å². The highest BCUT2D eigenvalue weighted by Gasteiger charge is 2.13. The van der Waals surface area contributed by atoms with Gasteiger partial charge in [-0.15, -0.1) is 0 Å².